The minimum atomic E-state index is -0.279. The third-order valence-electron chi connectivity index (χ3n) is 13.2. The summed E-state index contributed by atoms with van der Waals surface area (Å²) in [4.78, 5) is 95.4. The summed E-state index contributed by atoms with van der Waals surface area (Å²) < 4.78 is 0. The van der Waals surface area contributed by atoms with Crippen LogP contribution in [0.25, 0.3) is 0 Å². The molecule has 324 valence electrons. The first-order chi connectivity index (χ1) is 29.4. The molecule has 0 aromatic heterocycles. The smallest absolute Gasteiger partial charge is 0.258 e. The molecule has 4 fully saturated rings. The van der Waals surface area contributed by atoms with Gasteiger partial charge in [-0.05, 0) is 96.1 Å². The molecule has 1 aromatic rings. The van der Waals surface area contributed by atoms with Crippen molar-refractivity contribution in [3.05, 3.63) is 125 Å². The Hall–Kier alpha value is -6.30. The molecule has 62 heavy (non-hydrogen) atoms. The average molecular weight is 841 g/mol. The molecule has 12 nitrogen and oxygen atoms in total. The van der Waals surface area contributed by atoms with Crippen LogP contribution in [0.2, 0.25) is 0 Å². The lowest BCUT2D eigenvalue weighted by molar-refractivity contribution is -0.140. The van der Waals surface area contributed by atoms with Gasteiger partial charge in [0.2, 0.25) is 23.6 Å². The molecule has 11 rings (SSSR count). The Bertz CT molecular complexity index is 2190. The van der Waals surface area contributed by atoms with Crippen LogP contribution < -0.4 is 4.90 Å². The number of fused-ring (bicyclic) bond motifs is 10. The van der Waals surface area contributed by atoms with Crippen LogP contribution in [-0.4, -0.2) is 83.1 Å². The van der Waals surface area contributed by atoms with Crippen LogP contribution in [0.15, 0.2) is 119 Å². The van der Waals surface area contributed by atoms with Gasteiger partial charge in [0.15, 0.2) is 0 Å². The third-order valence-corrected chi connectivity index (χ3v) is 13.2. The molecule has 8 atom stereocenters. The molecule has 0 N–H and O–H groups in total. The number of carbonyl (C=O) groups is 8. The zero-order valence-electron chi connectivity index (χ0n) is 36.7. The number of amides is 8. The highest BCUT2D eigenvalue weighted by Gasteiger charge is 2.60. The van der Waals surface area contributed by atoms with Crippen molar-refractivity contribution in [2.24, 2.45) is 47.3 Å². The SMILES string of the molecule is CC1=CC2CC1C1C(=O)N(C)C(=O)C21.CC1=CC2CC1C1C(=O)N(C)C(=O)C21.CC1=CC=CC1.CC1=CC=CC1.CN1C(=O)C=CC1=O.Cc1ccc(N2C(=O)C=CC2=O)cc1. The molecule has 6 aliphatic carbocycles. The van der Waals surface area contributed by atoms with Gasteiger partial charge in [-0.1, -0.05) is 88.6 Å². The molecule has 12 heteroatoms. The highest BCUT2D eigenvalue weighted by molar-refractivity contribution is 6.28. The normalized spacial score (nSPS) is 29.6. The van der Waals surface area contributed by atoms with E-state index in [9.17, 15) is 38.4 Å². The number of likely N-dealkylation sites (N-methyl/N-ethyl adjacent to an activating group) is 1. The molecule has 4 bridgehead atoms. The molecule has 8 unspecified atom stereocenters. The molecular formula is C50H56N4O8. The van der Waals surface area contributed by atoms with Crippen molar-refractivity contribution in [1.82, 2.24) is 14.7 Å². The second kappa shape index (κ2) is 18.8. The van der Waals surface area contributed by atoms with E-state index < -0.39 is 0 Å². The van der Waals surface area contributed by atoms with Crippen LogP contribution in [0.3, 0.4) is 0 Å². The number of aryl methyl sites for hydroxylation is 1. The van der Waals surface area contributed by atoms with Gasteiger partial charge in [0, 0.05) is 45.4 Å². The van der Waals surface area contributed by atoms with Gasteiger partial charge in [0.05, 0.1) is 29.4 Å². The van der Waals surface area contributed by atoms with Crippen LogP contribution in [0, 0.1) is 54.3 Å². The summed E-state index contributed by atoms with van der Waals surface area (Å²) in [6.45, 7) is 10.4. The van der Waals surface area contributed by atoms with Gasteiger partial charge in [-0.25, -0.2) is 4.90 Å². The Morgan fingerprint density at radius 3 is 1.15 bits per heavy atom. The lowest BCUT2D eigenvalue weighted by Crippen LogP contribution is -2.29. The first-order valence-electron chi connectivity index (χ1n) is 21.2. The van der Waals surface area contributed by atoms with Crippen molar-refractivity contribution in [2.45, 2.75) is 60.3 Å². The summed E-state index contributed by atoms with van der Waals surface area (Å²) in [7, 11) is 4.67. The van der Waals surface area contributed by atoms with Gasteiger partial charge < -0.3 is 0 Å². The van der Waals surface area contributed by atoms with E-state index in [0.29, 0.717) is 29.4 Å². The first kappa shape index (κ1) is 45.2. The average Bonchev–Trinajstić information content (AvgIpc) is 4.13. The topological polar surface area (TPSA) is 150 Å². The second-order valence-corrected chi connectivity index (χ2v) is 17.4. The molecule has 0 radical (unpaired) electrons. The van der Waals surface area contributed by atoms with Crippen LogP contribution in [-0.2, 0) is 38.4 Å². The first-order valence-corrected chi connectivity index (χ1v) is 21.2. The van der Waals surface area contributed by atoms with E-state index in [4.69, 9.17) is 0 Å². The van der Waals surface area contributed by atoms with Gasteiger partial charge in [-0.15, -0.1) is 0 Å². The standard InChI is InChI=1S/2C11H13NO2.C11H9NO2.2C6H8.C5H5NO2/c2*1-5-3-6-4-7(5)9-8(6)10(13)12(2)11(9)14;1-8-2-4-9(5-3-8)12-10(13)6-7-11(12)14;2*1-6-4-2-3-5-6;1-6-4(7)2-3-5(6)8/h2*3,6-9H,4H2,1-2H3;2-7H,1H3;2*2-4H,5H2,1H3;2-3H,1H3. The summed E-state index contributed by atoms with van der Waals surface area (Å²) in [5.41, 5.74) is 7.28. The summed E-state index contributed by atoms with van der Waals surface area (Å²) >= 11 is 0. The third kappa shape index (κ3) is 9.15. The fourth-order valence-corrected chi connectivity index (χ4v) is 9.78. The number of allylic oxidation sites excluding steroid dienone is 12. The number of benzene rings is 1. The number of nitrogens with zero attached hydrogens (tertiary/aromatic N) is 4. The monoisotopic (exact) mass is 840 g/mol. The predicted octanol–water partition coefficient (Wildman–Crippen LogP) is 6.38. The zero-order chi connectivity index (χ0) is 45.2. The number of hydrogen-bond donors (Lipinski definition) is 0. The molecule has 10 aliphatic rings. The number of anilines is 1. The van der Waals surface area contributed by atoms with Crippen molar-refractivity contribution < 1.29 is 38.4 Å². The maximum atomic E-state index is 11.8. The lowest BCUT2D eigenvalue weighted by Gasteiger charge is -2.18. The summed E-state index contributed by atoms with van der Waals surface area (Å²) in [5.74, 6) is 0.401. The van der Waals surface area contributed by atoms with E-state index in [0.717, 1.165) is 28.2 Å². The van der Waals surface area contributed by atoms with Gasteiger partial charge in [0.1, 0.15) is 0 Å². The van der Waals surface area contributed by atoms with Crippen molar-refractivity contribution in [1.29, 1.82) is 0 Å². The quantitative estimate of drug-likeness (QED) is 0.234. The van der Waals surface area contributed by atoms with Gasteiger partial charge in [-0.2, -0.15) is 0 Å². The van der Waals surface area contributed by atoms with Crippen LogP contribution in [0.4, 0.5) is 5.69 Å². The van der Waals surface area contributed by atoms with Gasteiger partial charge in [0.25, 0.3) is 23.6 Å². The zero-order valence-corrected chi connectivity index (χ0v) is 36.7. The summed E-state index contributed by atoms with van der Waals surface area (Å²) in [6, 6.07) is 7.26. The van der Waals surface area contributed by atoms with E-state index >= 15 is 0 Å². The second-order valence-electron chi connectivity index (χ2n) is 17.4. The van der Waals surface area contributed by atoms with Crippen molar-refractivity contribution >= 4 is 52.9 Å². The van der Waals surface area contributed by atoms with E-state index in [-0.39, 0.29) is 70.9 Å². The largest absolute Gasteiger partial charge is 0.285 e. The summed E-state index contributed by atoms with van der Waals surface area (Å²) in [6.07, 6.45) is 26.6. The Morgan fingerprint density at radius 1 is 0.468 bits per heavy atom. The van der Waals surface area contributed by atoms with E-state index in [1.54, 1.807) is 26.2 Å². The van der Waals surface area contributed by atoms with Crippen molar-refractivity contribution in [2.75, 3.05) is 26.0 Å². The van der Waals surface area contributed by atoms with Crippen LogP contribution in [0.1, 0.15) is 58.9 Å². The Balaban J connectivity index is 0.000000128. The molecular weight excluding hydrogens is 785 g/mol. The number of rotatable bonds is 1. The minimum Gasteiger partial charge on any atom is -0.285 e. The Labute approximate surface area is 363 Å². The maximum Gasteiger partial charge on any atom is 0.258 e. The van der Waals surface area contributed by atoms with Crippen LogP contribution in [0.5, 0.6) is 0 Å². The Kier molecular flexibility index (Phi) is 13.7. The maximum absolute atomic E-state index is 11.8. The fraction of sp³-hybridized carbons (Fsp3) is 0.400. The van der Waals surface area contributed by atoms with Crippen LogP contribution >= 0.6 is 0 Å². The molecule has 8 amide bonds. The van der Waals surface area contributed by atoms with Crippen molar-refractivity contribution in [3.8, 4) is 0 Å². The number of imide groups is 4. The molecule has 2 saturated carbocycles. The molecule has 4 aliphatic heterocycles. The van der Waals surface area contributed by atoms with E-state index in [1.165, 1.54) is 76.3 Å². The number of hydrogen-bond acceptors (Lipinski definition) is 8. The van der Waals surface area contributed by atoms with E-state index in [2.05, 4.69) is 76.3 Å². The lowest BCUT2D eigenvalue weighted by atomic mass is 9.82. The summed E-state index contributed by atoms with van der Waals surface area (Å²) in [5, 5.41) is 0. The van der Waals surface area contributed by atoms with Gasteiger partial charge in [-0.3, -0.25) is 53.1 Å². The highest BCUT2D eigenvalue weighted by Crippen LogP contribution is 2.56. The Morgan fingerprint density at radius 2 is 0.839 bits per heavy atom. The molecule has 4 heterocycles. The molecule has 2 saturated heterocycles. The molecule has 1 aromatic carbocycles. The predicted molar refractivity (Wildman–Crippen MR) is 235 cm³/mol. The van der Waals surface area contributed by atoms with E-state index in [1.807, 2.05) is 19.1 Å². The molecule has 0 spiro atoms. The number of likely N-dealkylation sites (tertiary alicyclic amines) is 2. The number of carbonyl (C=O) groups excluding carboxylic acids is 8. The van der Waals surface area contributed by atoms with Gasteiger partial charge >= 0.3 is 0 Å². The van der Waals surface area contributed by atoms with Crippen molar-refractivity contribution in [3.63, 3.8) is 0 Å². The minimum absolute atomic E-state index is 0.0255. The highest BCUT2D eigenvalue weighted by atomic mass is 16.2. The fourth-order valence-electron chi connectivity index (χ4n) is 9.78.